The van der Waals surface area contributed by atoms with Crippen molar-refractivity contribution in [3.63, 3.8) is 0 Å². The van der Waals surface area contributed by atoms with E-state index in [1.807, 2.05) is 91.9 Å². The normalized spacial score (nSPS) is 15.8. The number of carbonyl (C=O) groups excluding carboxylic acids is 2. The molecule has 0 bridgehead atoms. The van der Waals surface area contributed by atoms with Crippen LogP contribution in [-0.4, -0.2) is 31.5 Å². The Kier molecular flexibility index (Phi) is 6.85. The second kappa shape index (κ2) is 10.1. The van der Waals surface area contributed by atoms with Gasteiger partial charge in [-0.1, -0.05) is 60.7 Å². The van der Waals surface area contributed by atoms with Crippen LogP contribution in [-0.2, 0) is 9.59 Å². The van der Waals surface area contributed by atoms with E-state index in [0.717, 1.165) is 22.6 Å². The maximum atomic E-state index is 13.2. The Hall–Kier alpha value is -3.60. The van der Waals surface area contributed by atoms with Crippen LogP contribution in [0.5, 0.6) is 5.75 Å². The van der Waals surface area contributed by atoms with Crippen LogP contribution in [0.4, 0.5) is 5.69 Å². The molecular formula is C27H28N2O3. The summed E-state index contributed by atoms with van der Waals surface area (Å²) < 4.78 is 5.48. The Morgan fingerprint density at radius 3 is 2.12 bits per heavy atom. The lowest BCUT2D eigenvalue weighted by Gasteiger charge is -2.20. The van der Waals surface area contributed by atoms with Crippen molar-refractivity contribution >= 4 is 17.5 Å². The molecule has 1 N–H and O–H groups in total. The molecule has 0 aromatic heterocycles. The van der Waals surface area contributed by atoms with Gasteiger partial charge in [0, 0.05) is 31.1 Å². The minimum Gasteiger partial charge on any atom is -0.494 e. The van der Waals surface area contributed by atoms with E-state index in [1.165, 1.54) is 0 Å². The summed E-state index contributed by atoms with van der Waals surface area (Å²) in [7, 11) is 0. The molecule has 164 valence electrons. The van der Waals surface area contributed by atoms with Crippen LogP contribution in [0, 0.1) is 5.92 Å². The van der Waals surface area contributed by atoms with Crippen molar-refractivity contribution in [1.82, 2.24) is 5.32 Å². The van der Waals surface area contributed by atoms with Gasteiger partial charge in [0.05, 0.1) is 12.5 Å². The van der Waals surface area contributed by atoms with Gasteiger partial charge in [0.1, 0.15) is 5.75 Å². The van der Waals surface area contributed by atoms with Crippen LogP contribution in [0.1, 0.15) is 30.4 Å². The van der Waals surface area contributed by atoms with Gasteiger partial charge in [-0.15, -0.1) is 0 Å². The number of anilines is 1. The first-order valence-electron chi connectivity index (χ1n) is 11.1. The molecule has 1 aliphatic heterocycles. The summed E-state index contributed by atoms with van der Waals surface area (Å²) in [5.74, 6) is 0.520. The molecule has 3 aromatic rings. The molecule has 5 heteroatoms. The van der Waals surface area contributed by atoms with E-state index in [0.29, 0.717) is 26.1 Å². The minimum atomic E-state index is -0.378. The van der Waals surface area contributed by atoms with Gasteiger partial charge in [-0.3, -0.25) is 9.59 Å². The van der Waals surface area contributed by atoms with Crippen molar-refractivity contribution in [2.75, 3.05) is 24.6 Å². The highest BCUT2D eigenvalue weighted by Crippen LogP contribution is 2.28. The maximum Gasteiger partial charge on any atom is 0.232 e. The second-order valence-electron chi connectivity index (χ2n) is 8.00. The van der Waals surface area contributed by atoms with Gasteiger partial charge in [0.15, 0.2) is 0 Å². The molecule has 5 nitrogen and oxygen atoms in total. The SMILES string of the molecule is CCOc1ccc(N2CC(CNC(=O)C(c3ccccc3)c3ccccc3)CC2=O)cc1. The van der Waals surface area contributed by atoms with E-state index >= 15 is 0 Å². The van der Waals surface area contributed by atoms with Crippen molar-refractivity contribution in [3.8, 4) is 5.75 Å². The number of hydrogen-bond acceptors (Lipinski definition) is 3. The second-order valence-corrected chi connectivity index (χ2v) is 8.00. The molecule has 1 heterocycles. The lowest BCUT2D eigenvalue weighted by atomic mass is 9.90. The van der Waals surface area contributed by atoms with Gasteiger partial charge in [-0.2, -0.15) is 0 Å². The highest BCUT2D eigenvalue weighted by molar-refractivity contribution is 5.96. The predicted octanol–water partition coefficient (Wildman–Crippen LogP) is 4.39. The monoisotopic (exact) mass is 428 g/mol. The van der Waals surface area contributed by atoms with Gasteiger partial charge in [0.25, 0.3) is 0 Å². The van der Waals surface area contributed by atoms with Crippen LogP contribution in [0.15, 0.2) is 84.9 Å². The van der Waals surface area contributed by atoms with Crippen molar-refractivity contribution in [2.24, 2.45) is 5.92 Å². The molecule has 0 saturated carbocycles. The van der Waals surface area contributed by atoms with Crippen molar-refractivity contribution in [3.05, 3.63) is 96.1 Å². The zero-order valence-corrected chi connectivity index (χ0v) is 18.2. The summed E-state index contributed by atoms with van der Waals surface area (Å²) in [4.78, 5) is 27.6. The third-order valence-corrected chi connectivity index (χ3v) is 5.76. The smallest absolute Gasteiger partial charge is 0.232 e. The standard InChI is InChI=1S/C27H28N2O3/c1-2-32-24-15-13-23(14-16-24)29-19-20(17-25(29)30)18-28-27(31)26(21-9-5-3-6-10-21)22-11-7-4-8-12-22/h3-16,20,26H,2,17-19H2,1H3,(H,28,31). The Labute approximate surface area is 189 Å². The number of ether oxygens (including phenoxy) is 1. The molecule has 2 amide bonds. The molecule has 32 heavy (non-hydrogen) atoms. The maximum absolute atomic E-state index is 13.2. The molecule has 0 spiro atoms. The highest BCUT2D eigenvalue weighted by atomic mass is 16.5. The van der Waals surface area contributed by atoms with Crippen LogP contribution in [0.2, 0.25) is 0 Å². The van der Waals surface area contributed by atoms with Gasteiger partial charge < -0.3 is 15.0 Å². The lowest BCUT2D eigenvalue weighted by molar-refractivity contribution is -0.122. The fourth-order valence-corrected chi connectivity index (χ4v) is 4.19. The van der Waals surface area contributed by atoms with Crippen LogP contribution >= 0.6 is 0 Å². The summed E-state index contributed by atoms with van der Waals surface area (Å²) >= 11 is 0. The quantitative estimate of drug-likeness (QED) is 0.579. The predicted molar refractivity (Wildman–Crippen MR) is 126 cm³/mol. The molecule has 4 rings (SSSR count). The van der Waals surface area contributed by atoms with Crippen LogP contribution < -0.4 is 15.0 Å². The Morgan fingerprint density at radius 2 is 1.56 bits per heavy atom. The first kappa shape index (κ1) is 21.6. The van der Waals surface area contributed by atoms with Crippen molar-refractivity contribution in [2.45, 2.75) is 19.3 Å². The molecule has 1 aliphatic rings. The molecular weight excluding hydrogens is 400 g/mol. The van der Waals surface area contributed by atoms with E-state index in [4.69, 9.17) is 4.74 Å². The topological polar surface area (TPSA) is 58.6 Å². The zero-order valence-electron chi connectivity index (χ0n) is 18.2. The summed E-state index contributed by atoms with van der Waals surface area (Å²) in [5.41, 5.74) is 2.77. The minimum absolute atomic E-state index is 0.0469. The molecule has 1 saturated heterocycles. The Balaban J connectivity index is 1.41. The van der Waals surface area contributed by atoms with Gasteiger partial charge in [-0.05, 0) is 42.3 Å². The average Bonchev–Trinajstić information content (AvgIpc) is 3.20. The van der Waals surface area contributed by atoms with Crippen LogP contribution in [0.25, 0.3) is 0 Å². The Morgan fingerprint density at radius 1 is 0.969 bits per heavy atom. The van der Waals surface area contributed by atoms with Crippen molar-refractivity contribution in [1.29, 1.82) is 0 Å². The third-order valence-electron chi connectivity index (χ3n) is 5.76. The summed E-state index contributed by atoms with van der Waals surface area (Å²) in [6.45, 7) is 3.61. The van der Waals surface area contributed by atoms with E-state index < -0.39 is 0 Å². The van der Waals surface area contributed by atoms with Crippen molar-refractivity contribution < 1.29 is 14.3 Å². The fourth-order valence-electron chi connectivity index (χ4n) is 4.19. The molecule has 1 unspecified atom stereocenters. The third kappa shape index (κ3) is 4.99. The number of rotatable bonds is 8. The number of carbonyl (C=O) groups is 2. The summed E-state index contributed by atoms with van der Waals surface area (Å²) in [6.07, 6.45) is 0.425. The summed E-state index contributed by atoms with van der Waals surface area (Å²) in [6, 6.07) is 27.2. The van der Waals surface area contributed by atoms with Crippen LogP contribution in [0.3, 0.4) is 0 Å². The van der Waals surface area contributed by atoms with Gasteiger partial charge in [-0.25, -0.2) is 0 Å². The van der Waals surface area contributed by atoms with Gasteiger partial charge in [0.2, 0.25) is 11.8 Å². The van der Waals surface area contributed by atoms with E-state index in [1.54, 1.807) is 4.90 Å². The Bertz CT molecular complexity index is 996. The van der Waals surface area contributed by atoms with E-state index in [2.05, 4.69) is 5.32 Å². The molecule has 0 aliphatic carbocycles. The lowest BCUT2D eigenvalue weighted by Crippen LogP contribution is -2.35. The van der Waals surface area contributed by atoms with E-state index in [-0.39, 0.29) is 23.7 Å². The zero-order chi connectivity index (χ0) is 22.3. The molecule has 0 radical (unpaired) electrons. The first-order chi connectivity index (χ1) is 15.7. The largest absolute Gasteiger partial charge is 0.494 e. The average molecular weight is 429 g/mol. The first-order valence-corrected chi connectivity index (χ1v) is 11.1. The number of nitrogens with zero attached hydrogens (tertiary/aromatic N) is 1. The highest BCUT2D eigenvalue weighted by Gasteiger charge is 2.31. The van der Waals surface area contributed by atoms with E-state index in [9.17, 15) is 9.59 Å². The number of amides is 2. The summed E-state index contributed by atoms with van der Waals surface area (Å²) in [5, 5.41) is 3.10. The molecule has 1 atom stereocenters. The number of nitrogens with one attached hydrogen (secondary N) is 1. The number of hydrogen-bond donors (Lipinski definition) is 1. The van der Waals surface area contributed by atoms with Gasteiger partial charge >= 0.3 is 0 Å². The molecule has 3 aromatic carbocycles. The molecule has 1 fully saturated rings. The number of benzene rings is 3. The fraction of sp³-hybridized carbons (Fsp3) is 0.259.